The van der Waals surface area contributed by atoms with Gasteiger partial charge in [-0.15, -0.1) is 11.8 Å². The third kappa shape index (κ3) is 5.23. The SMILES string of the molecule is OCCC#CCCO[C@@H]1CCCCO1. The van der Waals surface area contributed by atoms with Crippen molar-refractivity contribution in [3.05, 3.63) is 0 Å². The Kier molecular flexibility index (Phi) is 6.42. The predicted molar refractivity (Wildman–Crippen MR) is 53.6 cm³/mol. The largest absolute Gasteiger partial charge is 0.395 e. The second kappa shape index (κ2) is 7.81. The molecule has 1 saturated heterocycles. The lowest BCUT2D eigenvalue weighted by Crippen LogP contribution is -2.22. The van der Waals surface area contributed by atoms with Crippen molar-refractivity contribution in [1.82, 2.24) is 0 Å². The molecular formula is C11H18O3. The maximum Gasteiger partial charge on any atom is 0.157 e. The lowest BCUT2D eigenvalue weighted by Gasteiger charge is -2.22. The fourth-order valence-corrected chi connectivity index (χ4v) is 1.32. The van der Waals surface area contributed by atoms with E-state index in [2.05, 4.69) is 11.8 Å². The normalized spacial score (nSPS) is 21.4. The second-order valence-electron chi connectivity index (χ2n) is 3.24. The van der Waals surface area contributed by atoms with Gasteiger partial charge in [-0.25, -0.2) is 0 Å². The number of rotatable bonds is 4. The minimum atomic E-state index is -0.0107. The quantitative estimate of drug-likeness (QED) is 0.546. The third-order valence-electron chi connectivity index (χ3n) is 2.03. The molecule has 80 valence electrons. The summed E-state index contributed by atoms with van der Waals surface area (Å²) in [7, 11) is 0. The van der Waals surface area contributed by atoms with Gasteiger partial charge in [0.25, 0.3) is 0 Å². The predicted octanol–water partition coefficient (Wildman–Crippen LogP) is 1.31. The first-order valence-corrected chi connectivity index (χ1v) is 5.23. The molecule has 0 radical (unpaired) electrons. The molecule has 0 unspecified atom stereocenters. The average molecular weight is 198 g/mol. The Balaban J connectivity index is 1.95. The summed E-state index contributed by atoms with van der Waals surface area (Å²) in [6, 6.07) is 0. The van der Waals surface area contributed by atoms with Crippen LogP contribution in [0.15, 0.2) is 0 Å². The van der Waals surface area contributed by atoms with Crippen LogP contribution in [0.5, 0.6) is 0 Å². The van der Waals surface area contributed by atoms with Crippen LogP contribution in [0.1, 0.15) is 32.1 Å². The Morgan fingerprint density at radius 1 is 1.29 bits per heavy atom. The van der Waals surface area contributed by atoms with Gasteiger partial charge in [-0.3, -0.25) is 0 Å². The van der Waals surface area contributed by atoms with Crippen LogP contribution in [0.25, 0.3) is 0 Å². The molecule has 1 aliphatic heterocycles. The molecule has 1 heterocycles. The Hall–Kier alpha value is -0.560. The Morgan fingerprint density at radius 2 is 2.14 bits per heavy atom. The Labute approximate surface area is 85.4 Å². The molecule has 3 nitrogen and oxygen atoms in total. The molecule has 3 heteroatoms. The van der Waals surface area contributed by atoms with Crippen molar-refractivity contribution in [3.8, 4) is 11.8 Å². The van der Waals surface area contributed by atoms with Gasteiger partial charge in [-0.05, 0) is 19.3 Å². The van der Waals surface area contributed by atoms with Gasteiger partial charge in [-0.2, -0.15) is 0 Å². The number of aliphatic hydroxyl groups is 1. The van der Waals surface area contributed by atoms with E-state index >= 15 is 0 Å². The maximum absolute atomic E-state index is 8.47. The van der Waals surface area contributed by atoms with Gasteiger partial charge in [0.2, 0.25) is 0 Å². The van der Waals surface area contributed by atoms with Crippen LogP contribution >= 0.6 is 0 Å². The van der Waals surface area contributed by atoms with E-state index in [1.807, 2.05) is 0 Å². The first-order chi connectivity index (χ1) is 6.93. The summed E-state index contributed by atoms with van der Waals surface area (Å²) in [6.45, 7) is 1.59. The second-order valence-corrected chi connectivity index (χ2v) is 3.24. The minimum Gasteiger partial charge on any atom is -0.395 e. The van der Waals surface area contributed by atoms with Crippen LogP contribution in [-0.4, -0.2) is 31.2 Å². The molecule has 1 fully saturated rings. The first kappa shape index (κ1) is 11.5. The smallest absolute Gasteiger partial charge is 0.157 e. The molecule has 0 aromatic carbocycles. The van der Waals surface area contributed by atoms with E-state index < -0.39 is 0 Å². The molecule has 0 aromatic heterocycles. The third-order valence-corrected chi connectivity index (χ3v) is 2.03. The highest BCUT2D eigenvalue weighted by molar-refractivity contribution is 4.98. The maximum atomic E-state index is 8.47. The zero-order valence-corrected chi connectivity index (χ0v) is 8.50. The van der Waals surface area contributed by atoms with Gasteiger partial charge in [0.1, 0.15) is 0 Å². The van der Waals surface area contributed by atoms with Gasteiger partial charge < -0.3 is 14.6 Å². The van der Waals surface area contributed by atoms with Crippen LogP contribution in [0.2, 0.25) is 0 Å². The van der Waals surface area contributed by atoms with Crippen molar-refractivity contribution in [2.75, 3.05) is 19.8 Å². The number of aliphatic hydroxyl groups excluding tert-OH is 1. The fourth-order valence-electron chi connectivity index (χ4n) is 1.32. The van der Waals surface area contributed by atoms with Gasteiger partial charge in [0.05, 0.1) is 13.2 Å². The molecule has 1 N–H and O–H groups in total. The highest BCUT2D eigenvalue weighted by atomic mass is 16.7. The molecule has 0 spiro atoms. The van der Waals surface area contributed by atoms with Crippen LogP contribution in [-0.2, 0) is 9.47 Å². The molecule has 0 amide bonds. The topological polar surface area (TPSA) is 38.7 Å². The lowest BCUT2D eigenvalue weighted by molar-refractivity contribution is -0.161. The number of ether oxygens (including phenoxy) is 2. The molecule has 0 bridgehead atoms. The summed E-state index contributed by atoms with van der Waals surface area (Å²) in [5, 5.41) is 8.47. The van der Waals surface area contributed by atoms with Crippen molar-refractivity contribution in [1.29, 1.82) is 0 Å². The van der Waals surface area contributed by atoms with Crippen LogP contribution in [0.4, 0.5) is 0 Å². The van der Waals surface area contributed by atoms with Gasteiger partial charge in [-0.1, -0.05) is 0 Å². The summed E-state index contributed by atoms with van der Waals surface area (Å²) >= 11 is 0. The van der Waals surface area contributed by atoms with Gasteiger partial charge in [0, 0.05) is 19.4 Å². The lowest BCUT2D eigenvalue weighted by atomic mass is 10.2. The van der Waals surface area contributed by atoms with Crippen molar-refractivity contribution < 1.29 is 14.6 Å². The van der Waals surface area contributed by atoms with Crippen molar-refractivity contribution >= 4 is 0 Å². The van der Waals surface area contributed by atoms with Crippen LogP contribution in [0.3, 0.4) is 0 Å². The molecule has 0 saturated carbocycles. The Bertz CT molecular complexity index is 186. The molecule has 1 atom stereocenters. The summed E-state index contributed by atoms with van der Waals surface area (Å²) < 4.78 is 10.9. The molecule has 0 aliphatic carbocycles. The van der Waals surface area contributed by atoms with E-state index in [-0.39, 0.29) is 12.9 Å². The zero-order chi connectivity index (χ0) is 10.1. The van der Waals surface area contributed by atoms with E-state index in [1.165, 1.54) is 6.42 Å². The van der Waals surface area contributed by atoms with E-state index in [0.29, 0.717) is 13.0 Å². The number of hydrogen-bond donors (Lipinski definition) is 1. The summed E-state index contributed by atoms with van der Waals surface area (Å²) in [4.78, 5) is 0. The summed E-state index contributed by atoms with van der Waals surface area (Å²) in [5.74, 6) is 5.79. The highest BCUT2D eigenvalue weighted by Gasteiger charge is 2.12. The Morgan fingerprint density at radius 3 is 2.86 bits per heavy atom. The minimum absolute atomic E-state index is 0.0107. The zero-order valence-electron chi connectivity index (χ0n) is 8.50. The van der Waals surface area contributed by atoms with Crippen LogP contribution in [0, 0.1) is 11.8 Å². The number of hydrogen-bond acceptors (Lipinski definition) is 3. The van der Waals surface area contributed by atoms with Crippen molar-refractivity contribution in [2.24, 2.45) is 0 Å². The monoisotopic (exact) mass is 198 g/mol. The van der Waals surface area contributed by atoms with Crippen molar-refractivity contribution in [3.63, 3.8) is 0 Å². The summed E-state index contributed by atoms with van der Waals surface area (Å²) in [5.41, 5.74) is 0. The van der Waals surface area contributed by atoms with E-state index in [9.17, 15) is 0 Å². The molecular weight excluding hydrogens is 180 g/mol. The van der Waals surface area contributed by atoms with E-state index in [1.54, 1.807) is 0 Å². The van der Waals surface area contributed by atoms with Gasteiger partial charge >= 0.3 is 0 Å². The summed E-state index contributed by atoms with van der Waals surface area (Å²) in [6.07, 6.45) is 4.62. The average Bonchev–Trinajstić information content (AvgIpc) is 2.25. The fraction of sp³-hybridized carbons (Fsp3) is 0.818. The first-order valence-electron chi connectivity index (χ1n) is 5.23. The van der Waals surface area contributed by atoms with Crippen molar-refractivity contribution in [2.45, 2.75) is 38.4 Å². The van der Waals surface area contributed by atoms with Gasteiger partial charge in [0.15, 0.2) is 6.29 Å². The molecule has 1 rings (SSSR count). The van der Waals surface area contributed by atoms with Crippen LogP contribution < -0.4 is 0 Å². The standard InChI is InChI=1S/C11H18O3/c12-8-4-1-2-5-9-13-11-7-3-6-10-14-11/h11-12H,3-10H2/t11-/m0/s1. The van der Waals surface area contributed by atoms with E-state index in [4.69, 9.17) is 14.6 Å². The molecule has 0 aromatic rings. The van der Waals surface area contributed by atoms with E-state index in [0.717, 1.165) is 25.9 Å². The molecule has 1 aliphatic rings. The highest BCUT2D eigenvalue weighted by Crippen LogP contribution is 2.13. The molecule has 14 heavy (non-hydrogen) atoms.